The molecule has 2 aliphatic rings. The summed E-state index contributed by atoms with van der Waals surface area (Å²) in [7, 11) is 0. The molecule has 3 aromatic rings. The van der Waals surface area contributed by atoms with Crippen LogP contribution in [0.4, 0.5) is 4.39 Å². The highest BCUT2D eigenvalue weighted by molar-refractivity contribution is 7.99. The first kappa shape index (κ1) is 22.3. The predicted molar refractivity (Wildman–Crippen MR) is 127 cm³/mol. The van der Waals surface area contributed by atoms with E-state index < -0.39 is 11.4 Å². The number of amides is 2. The van der Waals surface area contributed by atoms with E-state index in [4.69, 9.17) is 9.47 Å². The van der Waals surface area contributed by atoms with Gasteiger partial charge in [0.1, 0.15) is 17.2 Å². The molecule has 174 valence electrons. The van der Waals surface area contributed by atoms with Crippen molar-refractivity contribution in [3.63, 3.8) is 0 Å². The third-order valence-corrected chi connectivity index (χ3v) is 7.22. The Morgan fingerprint density at radius 1 is 1.03 bits per heavy atom. The molecule has 0 aromatic heterocycles. The summed E-state index contributed by atoms with van der Waals surface area (Å²) >= 11 is 1.50. The van der Waals surface area contributed by atoms with Crippen LogP contribution in [0, 0.1) is 12.7 Å². The van der Waals surface area contributed by atoms with Gasteiger partial charge in [0.05, 0.1) is 0 Å². The van der Waals surface area contributed by atoms with E-state index in [2.05, 4.69) is 5.32 Å². The Labute approximate surface area is 201 Å². The fourth-order valence-corrected chi connectivity index (χ4v) is 5.47. The Morgan fingerprint density at radius 2 is 1.76 bits per heavy atom. The topological polar surface area (TPSA) is 67.9 Å². The zero-order valence-corrected chi connectivity index (χ0v) is 19.3. The maximum absolute atomic E-state index is 13.6. The molecule has 0 aliphatic carbocycles. The normalized spacial score (nSPS) is 18.7. The van der Waals surface area contributed by atoms with Crippen molar-refractivity contribution in [2.45, 2.75) is 24.9 Å². The van der Waals surface area contributed by atoms with Crippen molar-refractivity contribution in [2.24, 2.45) is 0 Å². The fourth-order valence-electron chi connectivity index (χ4n) is 4.04. The zero-order valence-electron chi connectivity index (χ0n) is 18.5. The van der Waals surface area contributed by atoms with Crippen LogP contribution in [-0.2, 0) is 11.3 Å². The van der Waals surface area contributed by atoms with Crippen molar-refractivity contribution in [3.8, 4) is 11.5 Å². The molecule has 0 bridgehead atoms. The highest BCUT2D eigenvalue weighted by Gasteiger charge is 2.42. The first-order valence-electron chi connectivity index (χ1n) is 10.9. The second-order valence-electron chi connectivity index (χ2n) is 8.24. The lowest BCUT2D eigenvalue weighted by atomic mass is 10.1. The predicted octanol–water partition coefficient (Wildman–Crippen LogP) is 4.44. The number of fused-ring (bicyclic) bond motifs is 1. The van der Waals surface area contributed by atoms with E-state index >= 15 is 0 Å². The van der Waals surface area contributed by atoms with E-state index in [1.807, 2.05) is 37.3 Å². The van der Waals surface area contributed by atoms with Gasteiger partial charge in [0.2, 0.25) is 12.7 Å². The van der Waals surface area contributed by atoms with Gasteiger partial charge in [-0.15, -0.1) is 11.8 Å². The summed E-state index contributed by atoms with van der Waals surface area (Å²) in [5.41, 5.74) is 3.20. The Kier molecular flexibility index (Phi) is 6.15. The van der Waals surface area contributed by atoms with Crippen molar-refractivity contribution in [2.75, 3.05) is 12.5 Å². The number of carbonyl (C=O) groups excluding carboxylic acids is 2. The van der Waals surface area contributed by atoms with Gasteiger partial charge in [-0.05, 0) is 54.4 Å². The standard InChI is InChI=1S/C26H23FN2O4S/c1-16-2-5-18(6-3-16)25(31)29-21(14-34-26(29)19-7-9-20(27)10-8-19)24(30)28-13-17-4-11-22-23(12-17)33-15-32-22/h2-12,21,26H,13-15H2,1H3,(H,28,30). The maximum Gasteiger partial charge on any atom is 0.255 e. The summed E-state index contributed by atoms with van der Waals surface area (Å²) in [6, 6.07) is 18.2. The lowest BCUT2D eigenvalue weighted by Gasteiger charge is -2.29. The molecule has 2 atom stereocenters. The number of hydrogen-bond donors (Lipinski definition) is 1. The Hall–Kier alpha value is -3.52. The Balaban J connectivity index is 1.37. The minimum atomic E-state index is -0.664. The van der Waals surface area contributed by atoms with E-state index in [1.165, 1.54) is 23.9 Å². The number of carbonyl (C=O) groups is 2. The average molecular weight is 479 g/mol. The fraction of sp³-hybridized carbons (Fsp3) is 0.231. The SMILES string of the molecule is Cc1ccc(C(=O)N2C(C(=O)NCc3ccc4c(c3)OCO4)CSC2c2ccc(F)cc2)cc1. The molecule has 2 aliphatic heterocycles. The van der Waals surface area contributed by atoms with Gasteiger partial charge in [0, 0.05) is 17.9 Å². The molecule has 0 saturated carbocycles. The molecule has 0 spiro atoms. The van der Waals surface area contributed by atoms with Crippen LogP contribution in [0.1, 0.15) is 32.4 Å². The zero-order chi connectivity index (χ0) is 23.7. The van der Waals surface area contributed by atoms with Crippen LogP contribution in [0.2, 0.25) is 0 Å². The van der Waals surface area contributed by atoms with Crippen molar-refractivity contribution in [3.05, 3.63) is 94.8 Å². The van der Waals surface area contributed by atoms with E-state index in [0.29, 0.717) is 29.4 Å². The molecule has 2 unspecified atom stereocenters. The highest BCUT2D eigenvalue weighted by Crippen LogP contribution is 2.42. The van der Waals surface area contributed by atoms with Gasteiger partial charge in [0.25, 0.3) is 5.91 Å². The minimum absolute atomic E-state index is 0.186. The second kappa shape index (κ2) is 9.38. The summed E-state index contributed by atoms with van der Waals surface area (Å²) in [5.74, 6) is 0.945. The molecule has 34 heavy (non-hydrogen) atoms. The monoisotopic (exact) mass is 478 g/mol. The van der Waals surface area contributed by atoms with Gasteiger partial charge < -0.3 is 19.7 Å². The van der Waals surface area contributed by atoms with Gasteiger partial charge in [-0.25, -0.2) is 4.39 Å². The third-order valence-electron chi connectivity index (χ3n) is 5.89. The molecule has 2 heterocycles. The van der Waals surface area contributed by atoms with Crippen LogP contribution >= 0.6 is 11.8 Å². The van der Waals surface area contributed by atoms with Gasteiger partial charge in [0.15, 0.2) is 11.5 Å². The summed E-state index contributed by atoms with van der Waals surface area (Å²) in [6.07, 6.45) is 0. The summed E-state index contributed by atoms with van der Waals surface area (Å²) in [5, 5.41) is 2.56. The lowest BCUT2D eigenvalue weighted by Crippen LogP contribution is -2.47. The number of rotatable bonds is 5. The number of hydrogen-bond acceptors (Lipinski definition) is 5. The van der Waals surface area contributed by atoms with Crippen molar-refractivity contribution in [1.82, 2.24) is 10.2 Å². The van der Waals surface area contributed by atoms with Crippen LogP contribution in [0.15, 0.2) is 66.7 Å². The molecule has 8 heteroatoms. The molecule has 1 fully saturated rings. The molecule has 5 rings (SSSR count). The van der Waals surface area contributed by atoms with Gasteiger partial charge in [-0.3, -0.25) is 9.59 Å². The number of ether oxygens (including phenoxy) is 2. The van der Waals surface area contributed by atoms with Crippen molar-refractivity contribution >= 4 is 23.6 Å². The molecule has 0 radical (unpaired) electrons. The first-order valence-corrected chi connectivity index (χ1v) is 12.0. The molecular formula is C26H23FN2O4S. The smallest absolute Gasteiger partial charge is 0.255 e. The molecule has 3 aromatic carbocycles. The number of thioether (sulfide) groups is 1. The van der Waals surface area contributed by atoms with Gasteiger partial charge in [-0.2, -0.15) is 0 Å². The van der Waals surface area contributed by atoms with E-state index in [0.717, 1.165) is 16.7 Å². The molecule has 6 nitrogen and oxygen atoms in total. The molecule has 1 saturated heterocycles. The number of halogens is 1. The summed E-state index contributed by atoms with van der Waals surface area (Å²) < 4.78 is 24.2. The third kappa shape index (κ3) is 4.46. The van der Waals surface area contributed by atoms with E-state index in [9.17, 15) is 14.0 Å². The maximum atomic E-state index is 13.6. The Morgan fingerprint density at radius 3 is 2.53 bits per heavy atom. The number of aryl methyl sites for hydroxylation is 1. The highest BCUT2D eigenvalue weighted by atomic mass is 32.2. The molecule has 2 amide bonds. The number of benzene rings is 3. The minimum Gasteiger partial charge on any atom is -0.454 e. The quantitative estimate of drug-likeness (QED) is 0.588. The van der Waals surface area contributed by atoms with E-state index in [1.54, 1.807) is 29.2 Å². The lowest BCUT2D eigenvalue weighted by molar-refractivity contribution is -0.125. The average Bonchev–Trinajstić information content (AvgIpc) is 3.50. The Bertz CT molecular complexity index is 1220. The van der Waals surface area contributed by atoms with Crippen LogP contribution < -0.4 is 14.8 Å². The summed E-state index contributed by atoms with van der Waals surface area (Å²) in [6.45, 7) is 2.43. The van der Waals surface area contributed by atoms with Gasteiger partial charge in [-0.1, -0.05) is 35.9 Å². The van der Waals surface area contributed by atoms with E-state index in [-0.39, 0.29) is 24.4 Å². The second-order valence-corrected chi connectivity index (χ2v) is 9.35. The first-order chi connectivity index (χ1) is 16.5. The van der Waals surface area contributed by atoms with Gasteiger partial charge >= 0.3 is 0 Å². The van der Waals surface area contributed by atoms with Crippen molar-refractivity contribution in [1.29, 1.82) is 0 Å². The van der Waals surface area contributed by atoms with Crippen LogP contribution in [0.25, 0.3) is 0 Å². The molecule has 1 N–H and O–H groups in total. The molecular weight excluding hydrogens is 455 g/mol. The van der Waals surface area contributed by atoms with Crippen molar-refractivity contribution < 1.29 is 23.5 Å². The van der Waals surface area contributed by atoms with Crippen LogP contribution in [-0.4, -0.2) is 35.3 Å². The summed E-state index contributed by atoms with van der Waals surface area (Å²) in [4.78, 5) is 28.4. The van der Waals surface area contributed by atoms with Crippen LogP contribution in [0.3, 0.4) is 0 Å². The van der Waals surface area contributed by atoms with Crippen LogP contribution in [0.5, 0.6) is 11.5 Å². The number of nitrogens with zero attached hydrogens (tertiary/aromatic N) is 1. The largest absolute Gasteiger partial charge is 0.454 e. The number of nitrogens with one attached hydrogen (secondary N) is 1.